The molecule has 0 radical (unpaired) electrons. The second kappa shape index (κ2) is 8.39. The van der Waals surface area contributed by atoms with Crippen molar-refractivity contribution in [1.82, 2.24) is 24.5 Å². The van der Waals surface area contributed by atoms with Gasteiger partial charge < -0.3 is 4.90 Å². The third kappa shape index (κ3) is 4.67. The van der Waals surface area contributed by atoms with Crippen LogP contribution >= 0.6 is 23.2 Å². The first kappa shape index (κ1) is 22.3. The average molecular weight is 460 g/mol. The molecular weight excluding hydrogens is 442 g/mol. The Kier molecular flexibility index (Phi) is 6.24. The highest BCUT2D eigenvalue weighted by Gasteiger charge is 2.37. The predicted octanol–water partition coefficient (Wildman–Crippen LogP) is 4.66. The van der Waals surface area contributed by atoms with Gasteiger partial charge in [-0.1, -0.05) is 29.3 Å². The van der Waals surface area contributed by atoms with E-state index in [0.29, 0.717) is 40.0 Å². The summed E-state index contributed by atoms with van der Waals surface area (Å²) in [6.45, 7) is 3.66. The highest BCUT2D eigenvalue weighted by molar-refractivity contribution is 6.42. The lowest BCUT2D eigenvalue weighted by Crippen LogP contribution is -2.26. The van der Waals surface area contributed by atoms with E-state index in [2.05, 4.69) is 15.1 Å². The van der Waals surface area contributed by atoms with E-state index in [1.54, 1.807) is 44.0 Å². The Morgan fingerprint density at radius 3 is 2.50 bits per heavy atom. The number of halogens is 5. The number of benzene rings is 1. The minimum atomic E-state index is -4.66. The van der Waals surface area contributed by atoms with Crippen molar-refractivity contribution in [1.29, 1.82) is 0 Å². The molecule has 11 heteroatoms. The van der Waals surface area contributed by atoms with Crippen molar-refractivity contribution in [2.45, 2.75) is 39.4 Å². The highest BCUT2D eigenvalue weighted by atomic mass is 35.5. The smallest absolute Gasteiger partial charge is 0.341 e. The zero-order valence-corrected chi connectivity index (χ0v) is 17.9. The Morgan fingerprint density at radius 2 is 1.87 bits per heavy atom. The maximum absolute atomic E-state index is 12.9. The predicted molar refractivity (Wildman–Crippen MR) is 107 cm³/mol. The van der Waals surface area contributed by atoms with Crippen molar-refractivity contribution in [2.24, 2.45) is 0 Å². The van der Waals surface area contributed by atoms with Crippen LogP contribution < -0.4 is 0 Å². The molecule has 6 nitrogen and oxygen atoms in total. The van der Waals surface area contributed by atoms with Gasteiger partial charge >= 0.3 is 6.18 Å². The molecule has 0 bridgehead atoms. The molecule has 30 heavy (non-hydrogen) atoms. The number of aromatic nitrogens is 4. The molecule has 0 aliphatic heterocycles. The quantitative estimate of drug-likeness (QED) is 0.556. The molecule has 2 aromatic heterocycles. The number of carbonyl (C=O) groups excluding carboxylic acids is 1. The van der Waals surface area contributed by atoms with E-state index >= 15 is 0 Å². The van der Waals surface area contributed by atoms with Crippen molar-refractivity contribution < 1.29 is 18.0 Å². The van der Waals surface area contributed by atoms with Crippen LogP contribution in [0.4, 0.5) is 13.2 Å². The van der Waals surface area contributed by atoms with E-state index in [9.17, 15) is 18.0 Å². The van der Waals surface area contributed by atoms with Crippen LogP contribution in [-0.4, -0.2) is 37.4 Å². The Labute approximate surface area is 180 Å². The Morgan fingerprint density at radius 1 is 1.17 bits per heavy atom. The van der Waals surface area contributed by atoms with Gasteiger partial charge in [0, 0.05) is 31.4 Å². The number of hydrogen-bond acceptors (Lipinski definition) is 4. The molecule has 0 aliphatic carbocycles. The maximum Gasteiger partial charge on any atom is 0.453 e. The second-order valence-corrected chi connectivity index (χ2v) is 7.72. The zero-order chi connectivity index (χ0) is 22.2. The standard InChI is InChI=1S/C19H18Cl2F3N5O/c1-10-13(11(2)29-18(25-10)26-17(27-29)19(22,23)24)5-7-16(30)28(3)9-12-4-6-14(20)15(21)8-12/h4,6,8H,5,7,9H2,1-3H3. The number of alkyl halides is 3. The van der Waals surface area contributed by atoms with Crippen molar-refractivity contribution in [2.75, 3.05) is 7.05 Å². The molecule has 2 heterocycles. The van der Waals surface area contributed by atoms with E-state index in [1.165, 1.54) is 0 Å². The molecule has 0 unspecified atom stereocenters. The molecule has 1 aromatic carbocycles. The first-order chi connectivity index (χ1) is 14.0. The minimum Gasteiger partial charge on any atom is -0.341 e. The van der Waals surface area contributed by atoms with Gasteiger partial charge in [0.05, 0.1) is 10.0 Å². The van der Waals surface area contributed by atoms with Crippen LogP contribution in [0, 0.1) is 13.8 Å². The average Bonchev–Trinajstić information content (AvgIpc) is 3.09. The Balaban J connectivity index is 1.74. The van der Waals surface area contributed by atoms with Crippen molar-refractivity contribution in [3.05, 3.63) is 56.6 Å². The van der Waals surface area contributed by atoms with E-state index in [-0.39, 0.29) is 18.1 Å². The fourth-order valence-corrected chi connectivity index (χ4v) is 3.43. The number of fused-ring (bicyclic) bond motifs is 1. The number of hydrogen-bond donors (Lipinski definition) is 0. The molecule has 0 saturated heterocycles. The molecule has 0 atom stereocenters. The van der Waals surface area contributed by atoms with Gasteiger partial charge in [0.15, 0.2) is 0 Å². The zero-order valence-electron chi connectivity index (χ0n) is 16.4. The number of carbonyl (C=O) groups is 1. The molecule has 3 rings (SSSR count). The summed E-state index contributed by atoms with van der Waals surface area (Å²) in [5.74, 6) is -1.49. The van der Waals surface area contributed by atoms with Crippen LogP contribution in [0.2, 0.25) is 10.0 Å². The van der Waals surface area contributed by atoms with Crippen molar-refractivity contribution >= 4 is 34.9 Å². The Hall–Kier alpha value is -2.39. The van der Waals surface area contributed by atoms with E-state index in [0.717, 1.165) is 10.1 Å². The second-order valence-electron chi connectivity index (χ2n) is 6.90. The molecule has 0 spiro atoms. The minimum absolute atomic E-state index is 0.121. The normalized spacial score (nSPS) is 11.9. The lowest BCUT2D eigenvalue weighted by atomic mass is 10.1. The van der Waals surface area contributed by atoms with E-state index in [1.807, 2.05) is 0 Å². The first-order valence-electron chi connectivity index (χ1n) is 8.95. The summed E-state index contributed by atoms with van der Waals surface area (Å²) in [6, 6.07) is 5.15. The monoisotopic (exact) mass is 459 g/mol. The third-order valence-corrected chi connectivity index (χ3v) is 5.46. The fourth-order valence-electron chi connectivity index (χ4n) is 3.11. The molecule has 0 saturated carbocycles. The van der Waals surface area contributed by atoms with Crippen LogP contribution in [0.1, 0.15) is 34.8 Å². The van der Waals surface area contributed by atoms with Gasteiger partial charge in [-0.05, 0) is 43.5 Å². The number of aryl methyl sites for hydroxylation is 2. The van der Waals surface area contributed by atoms with Gasteiger partial charge in [-0.25, -0.2) is 9.50 Å². The Bertz CT molecular complexity index is 1110. The topological polar surface area (TPSA) is 63.4 Å². The summed E-state index contributed by atoms with van der Waals surface area (Å²) in [7, 11) is 1.67. The number of rotatable bonds is 5. The van der Waals surface area contributed by atoms with Crippen LogP contribution in [0.25, 0.3) is 5.78 Å². The van der Waals surface area contributed by atoms with Gasteiger partial charge in [0.1, 0.15) is 0 Å². The highest BCUT2D eigenvalue weighted by Crippen LogP contribution is 2.27. The maximum atomic E-state index is 12.9. The van der Waals surface area contributed by atoms with Gasteiger partial charge in [-0.3, -0.25) is 4.79 Å². The molecule has 3 aromatic rings. The molecular formula is C19H18Cl2F3N5O. The SMILES string of the molecule is Cc1nc2nc(C(F)(F)F)nn2c(C)c1CCC(=O)N(C)Cc1ccc(Cl)c(Cl)c1. The molecule has 0 N–H and O–H groups in total. The third-order valence-electron chi connectivity index (χ3n) is 4.72. The summed E-state index contributed by atoms with van der Waals surface area (Å²) in [5, 5.41) is 4.36. The lowest BCUT2D eigenvalue weighted by Gasteiger charge is -2.18. The molecule has 0 fully saturated rings. The van der Waals surface area contributed by atoms with Crippen LogP contribution in [0.5, 0.6) is 0 Å². The number of nitrogens with zero attached hydrogens (tertiary/aromatic N) is 5. The first-order valence-corrected chi connectivity index (χ1v) is 9.71. The largest absolute Gasteiger partial charge is 0.453 e. The summed E-state index contributed by atoms with van der Waals surface area (Å²) in [4.78, 5) is 21.7. The summed E-state index contributed by atoms with van der Waals surface area (Å²) in [5.41, 5.74) is 2.48. The molecule has 160 valence electrons. The van der Waals surface area contributed by atoms with Crippen molar-refractivity contribution in [3.8, 4) is 0 Å². The van der Waals surface area contributed by atoms with Crippen LogP contribution in [-0.2, 0) is 23.9 Å². The van der Waals surface area contributed by atoms with Crippen molar-refractivity contribution in [3.63, 3.8) is 0 Å². The van der Waals surface area contributed by atoms with Crippen LogP contribution in [0.3, 0.4) is 0 Å². The van der Waals surface area contributed by atoms with Gasteiger partial charge in [0.25, 0.3) is 11.6 Å². The van der Waals surface area contributed by atoms with Gasteiger partial charge in [-0.2, -0.15) is 18.2 Å². The molecule has 1 amide bonds. The van der Waals surface area contributed by atoms with E-state index in [4.69, 9.17) is 23.2 Å². The van der Waals surface area contributed by atoms with E-state index < -0.39 is 12.0 Å². The van der Waals surface area contributed by atoms with Crippen LogP contribution in [0.15, 0.2) is 18.2 Å². The lowest BCUT2D eigenvalue weighted by molar-refractivity contribution is -0.144. The number of amides is 1. The van der Waals surface area contributed by atoms with Gasteiger partial charge in [0.2, 0.25) is 5.91 Å². The summed E-state index contributed by atoms with van der Waals surface area (Å²) >= 11 is 11.9. The fraction of sp³-hybridized carbons (Fsp3) is 0.368. The summed E-state index contributed by atoms with van der Waals surface area (Å²) < 4.78 is 39.8. The molecule has 0 aliphatic rings. The summed E-state index contributed by atoms with van der Waals surface area (Å²) in [6.07, 6.45) is -4.18. The van der Waals surface area contributed by atoms with Gasteiger partial charge in [-0.15, -0.1) is 5.10 Å².